The van der Waals surface area contributed by atoms with Gasteiger partial charge in [0.2, 0.25) is 6.08 Å². The Morgan fingerprint density at radius 1 is 1.12 bits per heavy atom. The molecule has 0 atom stereocenters. The van der Waals surface area contributed by atoms with Crippen molar-refractivity contribution in [1.29, 1.82) is 0 Å². The third-order valence-corrected chi connectivity index (χ3v) is 4.15. The number of aliphatic imine (C=N–C) groups is 1. The first-order valence-electron chi connectivity index (χ1n) is 4.64. The minimum Gasteiger partial charge on any atom is -0.491 e. The lowest BCUT2D eigenvalue weighted by atomic mass is 10.5. The van der Waals surface area contributed by atoms with Crippen LogP contribution in [0.3, 0.4) is 0 Å². The molecule has 0 aromatic rings. The van der Waals surface area contributed by atoms with E-state index in [0.717, 1.165) is 0 Å². The van der Waals surface area contributed by atoms with Gasteiger partial charge in [0.25, 0.3) is 0 Å². The topological polar surface area (TPSA) is 57.1 Å². The first kappa shape index (κ1) is 14.2. The highest BCUT2D eigenvalue weighted by atomic mass is 28.4. The molecule has 0 aromatic heterocycles. The molecule has 6 heteroatoms. The van der Waals surface area contributed by atoms with Gasteiger partial charge in [0.05, 0.1) is 31.4 Å². The SMILES string of the molecule is C=CO[Si](CCCN=C=O)(OC=C)OC=C. The summed E-state index contributed by atoms with van der Waals surface area (Å²) in [7, 11) is -2.89. The Balaban J connectivity index is 4.44. The van der Waals surface area contributed by atoms with E-state index in [1.807, 2.05) is 0 Å². The number of rotatable bonds is 10. The maximum atomic E-state index is 9.88. The van der Waals surface area contributed by atoms with Crippen LogP contribution in [-0.2, 0) is 18.1 Å². The van der Waals surface area contributed by atoms with E-state index in [9.17, 15) is 4.79 Å². The second-order valence-electron chi connectivity index (χ2n) is 2.61. The normalized spacial score (nSPS) is 9.50. The monoisotopic (exact) mass is 241 g/mol. The standard InChI is InChI=1S/C10H15NO4Si/c1-4-13-16(14-5-2,15-6-3)9-7-8-11-10-12/h4-6H,1-3,7-9H2. The molecular weight excluding hydrogens is 226 g/mol. The molecule has 0 aliphatic carbocycles. The van der Waals surface area contributed by atoms with Crippen LogP contribution in [-0.4, -0.2) is 21.4 Å². The summed E-state index contributed by atoms with van der Waals surface area (Å²) >= 11 is 0. The molecule has 0 heterocycles. The summed E-state index contributed by atoms with van der Waals surface area (Å²) < 4.78 is 15.8. The van der Waals surface area contributed by atoms with Gasteiger partial charge in [-0.15, -0.1) is 0 Å². The third-order valence-electron chi connectivity index (χ3n) is 1.61. The van der Waals surface area contributed by atoms with E-state index in [-0.39, 0.29) is 0 Å². The molecule has 0 fully saturated rings. The Bertz CT molecular complexity index is 260. The summed E-state index contributed by atoms with van der Waals surface area (Å²) in [4.78, 5) is 13.3. The predicted octanol–water partition coefficient (Wildman–Crippen LogP) is 2.13. The molecule has 0 saturated carbocycles. The van der Waals surface area contributed by atoms with Crippen LogP contribution in [0.5, 0.6) is 0 Å². The molecule has 0 rings (SSSR count). The molecule has 0 spiro atoms. The predicted molar refractivity (Wildman–Crippen MR) is 62.0 cm³/mol. The van der Waals surface area contributed by atoms with Crippen LogP contribution in [0, 0.1) is 0 Å². The molecule has 0 saturated heterocycles. The zero-order valence-electron chi connectivity index (χ0n) is 9.05. The van der Waals surface area contributed by atoms with E-state index in [0.29, 0.717) is 19.0 Å². The van der Waals surface area contributed by atoms with Gasteiger partial charge in [-0.3, -0.25) is 0 Å². The Labute approximate surface area is 96.1 Å². The Hall–Kier alpha value is -1.78. The second kappa shape index (κ2) is 8.52. The van der Waals surface area contributed by atoms with Gasteiger partial charge < -0.3 is 13.3 Å². The molecule has 88 valence electrons. The van der Waals surface area contributed by atoms with Crippen LogP contribution < -0.4 is 0 Å². The van der Waals surface area contributed by atoms with Gasteiger partial charge in [0.15, 0.2) is 0 Å². The van der Waals surface area contributed by atoms with Gasteiger partial charge in [0.1, 0.15) is 0 Å². The first-order valence-corrected chi connectivity index (χ1v) is 6.57. The third kappa shape index (κ3) is 5.19. The van der Waals surface area contributed by atoms with Crippen molar-refractivity contribution in [2.75, 3.05) is 6.54 Å². The molecule has 0 aromatic carbocycles. The molecule has 0 bridgehead atoms. The van der Waals surface area contributed by atoms with Gasteiger partial charge in [-0.2, -0.15) is 0 Å². The highest BCUT2D eigenvalue weighted by molar-refractivity contribution is 6.61. The lowest BCUT2D eigenvalue weighted by Crippen LogP contribution is -2.41. The minimum atomic E-state index is -2.89. The van der Waals surface area contributed by atoms with Gasteiger partial charge >= 0.3 is 8.80 Å². The number of hydrogen-bond acceptors (Lipinski definition) is 5. The summed E-state index contributed by atoms with van der Waals surface area (Å²) in [6, 6.07) is 0.474. The van der Waals surface area contributed by atoms with Crippen molar-refractivity contribution in [1.82, 2.24) is 0 Å². The van der Waals surface area contributed by atoms with Crippen molar-refractivity contribution < 1.29 is 18.1 Å². The number of isocyanates is 1. The average Bonchev–Trinajstić information content (AvgIpc) is 2.26. The van der Waals surface area contributed by atoms with E-state index in [1.54, 1.807) is 0 Å². The van der Waals surface area contributed by atoms with Crippen LogP contribution in [0.15, 0.2) is 43.5 Å². The summed E-state index contributed by atoms with van der Waals surface area (Å²) in [5.41, 5.74) is 0. The molecule has 0 amide bonds. The Morgan fingerprint density at radius 3 is 2.00 bits per heavy atom. The maximum absolute atomic E-state index is 9.88. The van der Waals surface area contributed by atoms with E-state index in [1.165, 1.54) is 24.9 Å². The van der Waals surface area contributed by atoms with Crippen LogP contribution in [0.4, 0.5) is 0 Å². The maximum Gasteiger partial charge on any atom is 0.698 e. The van der Waals surface area contributed by atoms with E-state index in [2.05, 4.69) is 24.7 Å². The largest absolute Gasteiger partial charge is 0.698 e. The van der Waals surface area contributed by atoms with Crippen molar-refractivity contribution in [3.05, 3.63) is 38.5 Å². The summed E-state index contributed by atoms with van der Waals surface area (Å²) in [5.74, 6) is 0. The number of hydrogen-bond donors (Lipinski definition) is 0. The van der Waals surface area contributed by atoms with Gasteiger partial charge in [-0.25, -0.2) is 9.79 Å². The van der Waals surface area contributed by atoms with Crippen LogP contribution >= 0.6 is 0 Å². The average molecular weight is 241 g/mol. The Kier molecular flexibility index (Phi) is 7.57. The second-order valence-corrected chi connectivity index (χ2v) is 5.19. The fraction of sp³-hybridized carbons (Fsp3) is 0.300. The molecule has 5 nitrogen and oxygen atoms in total. The first-order chi connectivity index (χ1) is 7.74. The zero-order valence-corrected chi connectivity index (χ0v) is 10.1. The van der Waals surface area contributed by atoms with Crippen LogP contribution in [0.25, 0.3) is 0 Å². The quantitative estimate of drug-likeness (QED) is 0.193. The Morgan fingerprint density at radius 2 is 1.62 bits per heavy atom. The summed E-state index contributed by atoms with van der Waals surface area (Å²) in [6.45, 7) is 10.7. The highest BCUT2D eigenvalue weighted by Gasteiger charge is 2.45. The smallest absolute Gasteiger partial charge is 0.491 e. The number of nitrogens with zero attached hydrogens (tertiary/aromatic N) is 1. The minimum absolute atomic E-state index is 0.347. The van der Waals surface area contributed by atoms with E-state index < -0.39 is 8.80 Å². The summed E-state index contributed by atoms with van der Waals surface area (Å²) in [6.07, 6.45) is 5.79. The molecule has 0 radical (unpaired) electrons. The van der Waals surface area contributed by atoms with Gasteiger partial charge in [0, 0.05) is 0 Å². The van der Waals surface area contributed by atoms with Crippen molar-refractivity contribution in [2.45, 2.75) is 12.5 Å². The van der Waals surface area contributed by atoms with Crippen molar-refractivity contribution in [3.8, 4) is 0 Å². The van der Waals surface area contributed by atoms with Crippen LogP contribution in [0.1, 0.15) is 6.42 Å². The number of carbonyl (C=O) groups excluding carboxylic acids is 1. The van der Waals surface area contributed by atoms with E-state index >= 15 is 0 Å². The van der Waals surface area contributed by atoms with Crippen molar-refractivity contribution >= 4 is 14.9 Å². The van der Waals surface area contributed by atoms with Crippen molar-refractivity contribution in [2.24, 2.45) is 4.99 Å². The highest BCUT2D eigenvalue weighted by Crippen LogP contribution is 2.18. The molecule has 16 heavy (non-hydrogen) atoms. The lowest BCUT2D eigenvalue weighted by molar-refractivity contribution is 0.180. The fourth-order valence-corrected chi connectivity index (χ4v) is 2.93. The summed E-state index contributed by atoms with van der Waals surface area (Å²) in [5, 5.41) is 0. The fourth-order valence-electron chi connectivity index (χ4n) is 1.06. The molecule has 0 N–H and O–H groups in total. The molecule has 0 unspecified atom stereocenters. The van der Waals surface area contributed by atoms with Gasteiger partial charge in [-0.1, -0.05) is 19.7 Å². The zero-order chi connectivity index (χ0) is 12.3. The van der Waals surface area contributed by atoms with Gasteiger partial charge in [-0.05, 0) is 6.42 Å². The molecule has 0 aliphatic heterocycles. The lowest BCUT2D eigenvalue weighted by Gasteiger charge is -2.24. The molecule has 0 aliphatic rings. The van der Waals surface area contributed by atoms with Crippen LogP contribution in [0.2, 0.25) is 6.04 Å². The van der Waals surface area contributed by atoms with Crippen molar-refractivity contribution in [3.63, 3.8) is 0 Å². The molecular formula is C10H15NO4Si. The van der Waals surface area contributed by atoms with E-state index in [4.69, 9.17) is 13.3 Å².